The first-order chi connectivity index (χ1) is 8.84. The number of Topliss-reactive ketones (excluding diaryl/α,β-unsaturated/α-hetero) is 1. The lowest BCUT2D eigenvalue weighted by Crippen LogP contribution is -2.10. The molecule has 0 atom stereocenters. The molecular formula is C14H20O4. The van der Waals surface area contributed by atoms with Crippen LogP contribution >= 0.6 is 0 Å². The van der Waals surface area contributed by atoms with E-state index in [1.807, 2.05) is 30.3 Å². The number of hydrogen-bond donors (Lipinski definition) is 0. The third-order valence-corrected chi connectivity index (χ3v) is 2.37. The summed E-state index contributed by atoms with van der Waals surface area (Å²) < 4.78 is 15.4. The van der Waals surface area contributed by atoms with E-state index >= 15 is 0 Å². The molecule has 1 aromatic rings. The van der Waals surface area contributed by atoms with Crippen molar-refractivity contribution in [1.82, 2.24) is 0 Å². The van der Waals surface area contributed by atoms with E-state index in [1.54, 1.807) is 7.11 Å². The first kappa shape index (κ1) is 14.8. The molecule has 0 heterocycles. The molecule has 0 unspecified atom stereocenters. The molecule has 0 saturated carbocycles. The van der Waals surface area contributed by atoms with Gasteiger partial charge in [0.2, 0.25) is 0 Å². The molecule has 0 saturated heterocycles. The minimum atomic E-state index is 0.107. The van der Waals surface area contributed by atoms with E-state index in [0.29, 0.717) is 39.5 Å². The zero-order valence-electron chi connectivity index (χ0n) is 10.8. The second-order valence-corrected chi connectivity index (χ2v) is 3.76. The Labute approximate surface area is 108 Å². The van der Waals surface area contributed by atoms with E-state index < -0.39 is 0 Å². The van der Waals surface area contributed by atoms with E-state index in [9.17, 15) is 4.79 Å². The maximum Gasteiger partial charge on any atom is 0.165 e. The smallest absolute Gasteiger partial charge is 0.165 e. The zero-order chi connectivity index (χ0) is 13.1. The van der Waals surface area contributed by atoms with Crippen molar-refractivity contribution in [2.75, 3.05) is 40.1 Å². The summed E-state index contributed by atoms with van der Waals surface area (Å²) in [6.07, 6.45) is 0.405. The van der Waals surface area contributed by atoms with E-state index in [4.69, 9.17) is 14.2 Å². The van der Waals surface area contributed by atoms with Gasteiger partial charge in [-0.3, -0.25) is 4.79 Å². The lowest BCUT2D eigenvalue weighted by molar-refractivity contribution is 0.0243. The Morgan fingerprint density at radius 1 is 0.944 bits per heavy atom. The minimum Gasteiger partial charge on any atom is -0.382 e. The fourth-order valence-corrected chi connectivity index (χ4v) is 1.40. The van der Waals surface area contributed by atoms with Gasteiger partial charge in [0.1, 0.15) is 0 Å². The van der Waals surface area contributed by atoms with Crippen LogP contribution in [0.3, 0.4) is 0 Å². The fourth-order valence-electron chi connectivity index (χ4n) is 1.40. The number of carbonyl (C=O) groups is 1. The van der Waals surface area contributed by atoms with E-state index in [0.717, 1.165) is 5.56 Å². The van der Waals surface area contributed by atoms with E-state index in [2.05, 4.69) is 0 Å². The van der Waals surface area contributed by atoms with Gasteiger partial charge in [-0.15, -0.1) is 0 Å². The summed E-state index contributed by atoms with van der Waals surface area (Å²) in [5.74, 6) is 0.107. The molecule has 18 heavy (non-hydrogen) atoms. The summed E-state index contributed by atoms with van der Waals surface area (Å²) >= 11 is 0. The highest BCUT2D eigenvalue weighted by atomic mass is 16.5. The third kappa shape index (κ3) is 6.49. The molecule has 0 aliphatic carbocycles. The molecule has 0 fully saturated rings. The zero-order valence-corrected chi connectivity index (χ0v) is 10.8. The van der Waals surface area contributed by atoms with Gasteiger partial charge in [-0.2, -0.15) is 0 Å². The Kier molecular flexibility index (Phi) is 8.04. The van der Waals surface area contributed by atoms with Gasteiger partial charge in [0, 0.05) is 19.1 Å². The van der Waals surface area contributed by atoms with Crippen LogP contribution in [-0.4, -0.2) is 45.9 Å². The van der Waals surface area contributed by atoms with Gasteiger partial charge in [0.05, 0.1) is 33.0 Å². The first-order valence-electron chi connectivity index (χ1n) is 6.07. The Morgan fingerprint density at radius 3 is 2.22 bits per heavy atom. The van der Waals surface area contributed by atoms with Crippen LogP contribution in [0.1, 0.15) is 16.8 Å². The Bertz CT molecular complexity index is 324. The standard InChI is InChI=1S/C14H20O4/c1-16-9-10-18-12-11-17-8-7-14(15)13-5-3-2-4-6-13/h2-6H,7-12H2,1H3. The summed E-state index contributed by atoms with van der Waals surface area (Å²) in [5, 5.41) is 0. The maximum atomic E-state index is 11.7. The van der Waals surface area contributed by atoms with Crippen LogP contribution in [0.2, 0.25) is 0 Å². The fraction of sp³-hybridized carbons (Fsp3) is 0.500. The van der Waals surface area contributed by atoms with Crippen LogP contribution in [0.5, 0.6) is 0 Å². The Hall–Kier alpha value is -1.23. The average Bonchev–Trinajstić information content (AvgIpc) is 2.42. The SMILES string of the molecule is COCCOCCOCCC(=O)c1ccccc1. The largest absolute Gasteiger partial charge is 0.382 e. The molecule has 0 spiro atoms. The number of ketones is 1. The van der Waals surface area contributed by atoms with Crippen LogP contribution in [0, 0.1) is 0 Å². The summed E-state index contributed by atoms with van der Waals surface area (Å²) in [4.78, 5) is 11.7. The van der Waals surface area contributed by atoms with Crippen molar-refractivity contribution >= 4 is 5.78 Å². The third-order valence-electron chi connectivity index (χ3n) is 2.37. The van der Waals surface area contributed by atoms with Crippen molar-refractivity contribution in [2.45, 2.75) is 6.42 Å². The highest BCUT2D eigenvalue weighted by Crippen LogP contribution is 2.02. The van der Waals surface area contributed by atoms with Crippen molar-refractivity contribution in [2.24, 2.45) is 0 Å². The van der Waals surface area contributed by atoms with Gasteiger partial charge in [0.15, 0.2) is 5.78 Å². The molecule has 1 rings (SSSR count). The highest BCUT2D eigenvalue weighted by molar-refractivity contribution is 5.96. The highest BCUT2D eigenvalue weighted by Gasteiger charge is 2.04. The van der Waals surface area contributed by atoms with Gasteiger partial charge >= 0.3 is 0 Å². The van der Waals surface area contributed by atoms with Crippen molar-refractivity contribution in [3.8, 4) is 0 Å². The molecule has 1 aromatic carbocycles. The number of hydrogen-bond acceptors (Lipinski definition) is 4. The van der Waals surface area contributed by atoms with E-state index in [1.165, 1.54) is 0 Å². The van der Waals surface area contributed by atoms with Crippen LogP contribution in [0.25, 0.3) is 0 Å². The molecule has 0 bridgehead atoms. The predicted octanol–water partition coefficient (Wildman–Crippen LogP) is 1.94. The van der Waals surface area contributed by atoms with Crippen LogP contribution in [-0.2, 0) is 14.2 Å². The number of rotatable bonds is 10. The average molecular weight is 252 g/mol. The molecule has 0 N–H and O–H groups in total. The molecule has 4 heteroatoms. The van der Waals surface area contributed by atoms with Gasteiger partial charge in [-0.25, -0.2) is 0 Å². The Balaban J connectivity index is 2.00. The second kappa shape index (κ2) is 9.76. The molecule has 0 aliphatic rings. The molecule has 0 radical (unpaired) electrons. The van der Waals surface area contributed by atoms with Crippen LogP contribution in [0.15, 0.2) is 30.3 Å². The lowest BCUT2D eigenvalue weighted by Gasteiger charge is -2.05. The number of benzene rings is 1. The normalized spacial score (nSPS) is 10.5. The molecule has 100 valence electrons. The summed E-state index contributed by atoms with van der Waals surface area (Å²) in [6, 6.07) is 9.24. The molecule has 4 nitrogen and oxygen atoms in total. The maximum absolute atomic E-state index is 11.7. The quantitative estimate of drug-likeness (QED) is 0.471. The van der Waals surface area contributed by atoms with Gasteiger partial charge in [0.25, 0.3) is 0 Å². The van der Waals surface area contributed by atoms with Gasteiger partial charge in [-0.05, 0) is 0 Å². The molecule has 0 aliphatic heterocycles. The Morgan fingerprint density at radius 2 is 1.56 bits per heavy atom. The first-order valence-corrected chi connectivity index (χ1v) is 6.07. The van der Waals surface area contributed by atoms with Crippen molar-refractivity contribution in [1.29, 1.82) is 0 Å². The number of ether oxygens (including phenoxy) is 3. The predicted molar refractivity (Wildman–Crippen MR) is 68.9 cm³/mol. The molecular weight excluding hydrogens is 232 g/mol. The van der Waals surface area contributed by atoms with Gasteiger partial charge < -0.3 is 14.2 Å². The molecule has 0 amide bonds. The second-order valence-electron chi connectivity index (χ2n) is 3.76. The van der Waals surface area contributed by atoms with Crippen molar-refractivity contribution in [3.63, 3.8) is 0 Å². The monoisotopic (exact) mass is 252 g/mol. The lowest BCUT2D eigenvalue weighted by atomic mass is 10.1. The van der Waals surface area contributed by atoms with Gasteiger partial charge in [-0.1, -0.05) is 30.3 Å². The summed E-state index contributed by atoms with van der Waals surface area (Å²) in [7, 11) is 1.63. The summed E-state index contributed by atoms with van der Waals surface area (Å²) in [6.45, 7) is 2.63. The number of carbonyl (C=O) groups excluding carboxylic acids is 1. The van der Waals surface area contributed by atoms with Crippen LogP contribution in [0.4, 0.5) is 0 Å². The topological polar surface area (TPSA) is 44.8 Å². The molecule has 0 aromatic heterocycles. The van der Waals surface area contributed by atoms with Crippen LogP contribution < -0.4 is 0 Å². The van der Waals surface area contributed by atoms with Crippen molar-refractivity contribution < 1.29 is 19.0 Å². The minimum absolute atomic E-state index is 0.107. The summed E-state index contributed by atoms with van der Waals surface area (Å²) in [5.41, 5.74) is 0.734. The number of methoxy groups -OCH3 is 1. The van der Waals surface area contributed by atoms with Crippen molar-refractivity contribution in [3.05, 3.63) is 35.9 Å². The van der Waals surface area contributed by atoms with E-state index in [-0.39, 0.29) is 5.78 Å².